The molecular formula is C18H22N2O4. The maximum Gasteiger partial charge on any atom is 0.340 e. The molecule has 2 aromatic rings. The number of nitrogens with zero attached hydrogens (tertiary/aromatic N) is 1. The molecule has 1 N–H and O–H groups in total. The Morgan fingerprint density at radius 3 is 2.79 bits per heavy atom. The predicted octanol–water partition coefficient (Wildman–Crippen LogP) is 2.57. The van der Waals surface area contributed by atoms with Gasteiger partial charge in [-0.05, 0) is 51.8 Å². The average molecular weight is 330 g/mol. The van der Waals surface area contributed by atoms with E-state index in [2.05, 4.69) is 5.32 Å². The number of hydrogen-bond acceptors (Lipinski definition) is 4. The molecule has 0 radical (unpaired) electrons. The lowest BCUT2D eigenvalue weighted by Crippen LogP contribution is -2.37. The smallest absolute Gasteiger partial charge is 0.340 e. The van der Waals surface area contributed by atoms with Gasteiger partial charge in [0.05, 0.1) is 18.4 Å². The lowest BCUT2D eigenvalue weighted by atomic mass is 10.2. The summed E-state index contributed by atoms with van der Waals surface area (Å²) in [6, 6.07) is 5.75. The molecule has 0 aromatic carbocycles. The molecule has 0 unspecified atom stereocenters. The first-order chi connectivity index (χ1) is 11.5. The molecule has 0 spiro atoms. The summed E-state index contributed by atoms with van der Waals surface area (Å²) in [7, 11) is 0. The third-order valence-electron chi connectivity index (χ3n) is 4.26. The minimum Gasteiger partial charge on any atom is -0.467 e. The molecule has 24 heavy (non-hydrogen) atoms. The van der Waals surface area contributed by atoms with Gasteiger partial charge in [-0.2, -0.15) is 0 Å². The molecule has 1 amide bonds. The molecule has 128 valence electrons. The number of rotatable bonds is 6. The molecule has 2 aromatic heterocycles. The zero-order valence-corrected chi connectivity index (χ0v) is 14.2. The van der Waals surface area contributed by atoms with Gasteiger partial charge in [0.25, 0.3) is 5.91 Å². The summed E-state index contributed by atoms with van der Waals surface area (Å²) in [4.78, 5) is 24.3. The van der Waals surface area contributed by atoms with Gasteiger partial charge in [-0.1, -0.05) is 0 Å². The van der Waals surface area contributed by atoms with Crippen LogP contribution in [0.1, 0.15) is 47.3 Å². The van der Waals surface area contributed by atoms with E-state index >= 15 is 0 Å². The first-order valence-electron chi connectivity index (χ1n) is 8.16. The SMILES string of the molecule is Cc1cc(C(=O)O[C@H](C)C(=O)NC2CC2)c(C)n1Cc1ccco1. The Labute approximate surface area is 140 Å². The second-order valence-corrected chi connectivity index (χ2v) is 6.28. The van der Waals surface area contributed by atoms with Gasteiger partial charge in [0.1, 0.15) is 5.76 Å². The van der Waals surface area contributed by atoms with Crippen LogP contribution >= 0.6 is 0 Å². The summed E-state index contributed by atoms with van der Waals surface area (Å²) >= 11 is 0. The molecule has 1 saturated carbocycles. The van der Waals surface area contributed by atoms with E-state index in [1.54, 1.807) is 19.3 Å². The largest absolute Gasteiger partial charge is 0.467 e. The molecule has 1 aliphatic rings. The summed E-state index contributed by atoms with van der Waals surface area (Å²) in [6.45, 7) is 5.94. The van der Waals surface area contributed by atoms with Gasteiger partial charge < -0.3 is 19.0 Å². The van der Waals surface area contributed by atoms with Crippen LogP contribution < -0.4 is 5.32 Å². The van der Waals surface area contributed by atoms with Gasteiger partial charge in [-0.15, -0.1) is 0 Å². The van der Waals surface area contributed by atoms with E-state index in [9.17, 15) is 9.59 Å². The van der Waals surface area contributed by atoms with Crippen LogP contribution in [0, 0.1) is 13.8 Å². The number of nitrogens with one attached hydrogen (secondary N) is 1. The summed E-state index contributed by atoms with van der Waals surface area (Å²) in [5.41, 5.74) is 2.21. The highest BCUT2D eigenvalue weighted by Gasteiger charge is 2.28. The highest BCUT2D eigenvalue weighted by atomic mass is 16.5. The Morgan fingerprint density at radius 2 is 2.17 bits per heavy atom. The minimum absolute atomic E-state index is 0.241. The number of amides is 1. The molecule has 2 heterocycles. The molecule has 0 bridgehead atoms. The normalized spacial score (nSPS) is 15.1. The van der Waals surface area contributed by atoms with E-state index in [0.717, 1.165) is 30.0 Å². The van der Waals surface area contributed by atoms with Crippen LogP contribution in [-0.4, -0.2) is 28.6 Å². The van der Waals surface area contributed by atoms with Crippen LogP contribution in [-0.2, 0) is 16.1 Å². The van der Waals surface area contributed by atoms with Crippen molar-refractivity contribution in [3.63, 3.8) is 0 Å². The number of hydrogen-bond donors (Lipinski definition) is 1. The van der Waals surface area contributed by atoms with Gasteiger partial charge >= 0.3 is 5.97 Å². The van der Waals surface area contributed by atoms with Crippen LogP contribution in [0.4, 0.5) is 0 Å². The quantitative estimate of drug-likeness (QED) is 0.826. The number of esters is 1. The molecular weight excluding hydrogens is 308 g/mol. The standard InChI is InChI=1S/C18H22N2O4/c1-11-9-16(12(2)20(11)10-15-5-4-8-23-15)18(22)24-13(3)17(21)19-14-6-7-14/h4-5,8-9,13-14H,6-7,10H2,1-3H3,(H,19,21)/t13-/m1/s1. The Morgan fingerprint density at radius 1 is 1.42 bits per heavy atom. The first kappa shape index (κ1) is 16.4. The highest BCUT2D eigenvalue weighted by molar-refractivity contribution is 5.93. The van der Waals surface area contributed by atoms with Crippen molar-refractivity contribution in [2.75, 3.05) is 0 Å². The minimum atomic E-state index is -0.800. The number of aromatic nitrogens is 1. The van der Waals surface area contributed by atoms with E-state index in [-0.39, 0.29) is 11.9 Å². The number of carbonyl (C=O) groups is 2. The van der Waals surface area contributed by atoms with E-state index in [4.69, 9.17) is 9.15 Å². The van der Waals surface area contributed by atoms with Crippen molar-refractivity contribution in [1.29, 1.82) is 0 Å². The number of furan rings is 1. The van der Waals surface area contributed by atoms with Crippen LogP contribution in [0.5, 0.6) is 0 Å². The van der Waals surface area contributed by atoms with Crippen molar-refractivity contribution in [2.24, 2.45) is 0 Å². The van der Waals surface area contributed by atoms with Crippen LogP contribution in [0.2, 0.25) is 0 Å². The Hall–Kier alpha value is -2.50. The Kier molecular flexibility index (Phi) is 4.46. The lowest BCUT2D eigenvalue weighted by Gasteiger charge is -2.13. The fraction of sp³-hybridized carbons (Fsp3) is 0.444. The van der Waals surface area contributed by atoms with Crippen molar-refractivity contribution in [3.05, 3.63) is 47.2 Å². The number of ether oxygens (including phenoxy) is 1. The van der Waals surface area contributed by atoms with E-state index in [0.29, 0.717) is 12.1 Å². The second-order valence-electron chi connectivity index (χ2n) is 6.28. The first-order valence-corrected chi connectivity index (χ1v) is 8.16. The zero-order valence-electron chi connectivity index (χ0n) is 14.2. The van der Waals surface area contributed by atoms with Gasteiger partial charge in [0.15, 0.2) is 6.10 Å². The van der Waals surface area contributed by atoms with Gasteiger partial charge in [-0.25, -0.2) is 4.79 Å². The number of aryl methyl sites for hydroxylation is 1. The summed E-state index contributed by atoms with van der Waals surface area (Å²) in [5.74, 6) is 0.0939. The fourth-order valence-corrected chi connectivity index (χ4v) is 2.63. The second kappa shape index (κ2) is 6.55. The molecule has 1 fully saturated rings. The molecule has 0 aliphatic heterocycles. The Bertz CT molecular complexity index is 741. The molecule has 3 rings (SSSR count). The zero-order chi connectivity index (χ0) is 17.3. The third kappa shape index (κ3) is 3.53. The molecule has 6 heteroatoms. The van der Waals surface area contributed by atoms with Crippen molar-refractivity contribution in [2.45, 2.75) is 52.3 Å². The van der Waals surface area contributed by atoms with Gasteiger partial charge in [0, 0.05) is 17.4 Å². The topological polar surface area (TPSA) is 73.5 Å². The monoisotopic (exact) mass is 330 g/mol. The molecule has 0 saturated heterocycles. The van der Waals surface area contributed by atoms with Crippen molar-refractivity contribution in [1.82, 2.24) is 9.88 Å². The maximum atomic E-state index is 12.4. The fourth-order valence-electron chi connectivity index (χ4n) is 2.63. The highest BCUT2D eigenvalue weighted by Crippen LogP contribution is 2.20. The number of carbonyl (C=O) groups excluding carboxylic acids is 2. The van der Waals surface area contributed by atoms with Crippen LogP contribution in [0.3, 0.4) is 0 Å². The van der Waals surface area contributed by atoms with Gasteiger partial charge in [0.2, 0.25) is 0 Å². The average Bonchev–Trinajstić information content (AvgIpc) is 3.11. The lowest BCUT2D eigenvalue weighted by molar-refractivity contribution is -0.129. The van der Waals surface area contributed by atoms with E-state index < -0.39 is 12.1 Å². The van der Waals surface area contributed by atoms with Crippen LogP contribution in [0.15, 0.2) is 28.9 Å². The molecule has 6 nitrogen and oxygen atoms in total. The van der Waals surface area contributed by atoms with Crippen LogP contribution in [0.25, 0.3) is 0 Å². The van der Waals surface area contributed by atoms with Crippen molar-refractivity contribution >= 4 is 11.9 Å². The molecule has 1 atom stereocenters. The van der Waals surface area contributed by atoms with Crippen molar-refractivity contribution < 1.29 is 18.7 Å². The maximum absolute atomic E-state index is 12.4. The van der Waals surface area contributed by atoms with E-state index in [1.807, 2.05) is 30.5 Å². The molecule has 1 aliphatic carbocycles. The summed E-state index contributed by atoms with van der Waals surface area (Å²) in [6.07, 6.45) is 2.82. The Balaban J connectivity index is 1.69. The third-order valence-corrected chi connectivity index (χ3v) is 4.26. The summed E-state index contributed by atoms with van der Waals surface area (Å²) in [5, 5.41) is 2.84. The van der Waals surface area contributed by atoms with E-state index in [1.165, 1.54) is 0 Å². The van der Waals surface area contributed by atoms with Gasteiger partial charge in [-0.3, -0.25) is 4.79 Å². The van der Waals surface area contributed by atoms with Crippen molar-refractivity contribution in [3.8, 4) is 0 Å². The predicted molar refractivity (Wildman–Crippen MR) is 87.8 cm³/mol. The summed E-state index contributed by atoms with van der Waals surface area (Å²) < 4.78 is 12.7.